The van der Waals surface area contributed by atoms with E-state index in [9.17, 15) is 4.79 Å². The van der Waals surface area contributed by atoms with E-state index >= 15 is 0 Å². The van der Waals surface area contributed by atoms with Gasteiger partial charge in [-0.3, -0.25) is 9.69 Å². The maximum atomic E-state index is 10.9. The lowest BCUT2D eigenvalue weighted by Gasteiger charge is -2.17. The summed E-state index contributed by atoms with van der Waals surface area (Å²) in [7, 11) is 3.79. The van der Waals surface area contributed by atoms with Gasteiger partial charge in [0, 0.05) is 0 Å². The molecule has 3 heteroatoms. The molecule has 22 heavy (non-hydrogen) atoms. The van der Waals surface area contributed by atoms with Crippen molar-refractivity contribution in [1.82, 2.24) is 4.90 Å². The van der Waals surface area contributed by atoms with Crippen LogP contribution in [0.1, 0.15) is 51.0 Å². The first-order valence-corrected chi connectivity index (χ1v) is 8.43. The molecule has 0 N–H and O–H groups in total. The number of benzene rings is 1. The number of rotatable bonds is 12. The number of carbonyl (C=O) groups excluding carboxylic acids is 1. The molecule has 0 heterocycles. The van der Waals surface area contributed by atoms with Crippen LogP contribution in [0, 0.1) is 0 Å². The lowest BCUT2D eigenvalue weighted by molar-refractivity contribution is 0.304. The van der Waals surface area contributed by atoms with Gasteiger partial charge in [0.15, 0.2) is 0 Å². The van der Waals surface area contributed by atoms with Crippen LogP contribution in [0.3, 0.4) is 0 Å². The molecular weight excluding hydrogens is 274 g/mol. The average molecular weight is 304 g/mol. The average Bonchev–Trinajstić information content (AvgIpc) is 2.52. The molecule has 0 aliphatic rings. The molecule has 0 spiro atoms. The van der Waals surface area contributed by atoms with Gasteiger partial charge >= 0.3 is 0 Å². The molecule has 0 aromatic heterocycles. The molecule has 0 fully saturated rings. The largest absolute Gasteiger partial charge is 0.494 e. The third-order valence-electron chi connectivity index (χ3n) is 3.88. The van der Waals surface area contributed by atoms with E-state index in [0.29, 0.717) is 6.42 Å². The fourth-order valence-corrected chi connectivity index (χ4v) is 2.35. The topological polar surface area (TPSA) is 29.5 Å². The number of hydrogen-bond donors (Lipinski definition) is 0. The van der Waals surface area contributed by atoms with Crippen LogP contribution < -0.4 is 4.74 Å². The molecule has 0 bridgehead atoms. The van der Waals surface area contributed by atoms with Crippen molar-refractivity contribution >= 4 is 6.29 Å². The van der Waals surface area contributed by atoms with Crippen molar-refractivity contribution in [3.63, 3.8) is 0 Å². The van der Waals surface area contributed by atoms with E-state index in [2.05, 4.69) is 13.2 Å². The van der Waals surface area contributed by atoms with Gasteiger partial charge in [0.05, 0.1) is 12.6 Å². The molecular formula is C19H30NO2. The fraction of sp³-hybridized carbons (Fsp3) is 0.632. The molecule has 0 saturated carbocycles. The Morgan fingerprint density at radius 3 is 2.27 bits per heavy atom. The minimum atomic E-state index is -0.185. The summed E-state index contributed by atoms with van der Waals surface area (Å²) in [4.78, 5) is 12.8. The normalized spacial score (nSPS) is 12.4. The summed E-state index contributed by atoms with van der Waals surface area (Å²) in [5.41, 5.74) is 1.13. The first-order valence-electron chi connectivity index (χ1n) is 8.43. The first-order chi connectivity index (χ1) is 10.7. The standard InChI is InChI=1S/C19H30NO2/c1-4-5-6-7-8-9-14-22-19-12-10-17(11-13-19)15-18(16-21)20(2)3/h10-13,18H,4-9,14-15H2,1-3H3. The summed E-state index contributed by atoms with van der Waals surface area (Å²) in [6.07, 6.45) is 10.4. The van der Waals surface area contributed by atoms with Crippen molar-refractivity contribution in [3.05, 3.63) is 29.8 Å². The highest BCUT2D eigenvalue weighted by atomic mass is 16.5. The second-order valence-electron chi connectivity index (χ2n) is 6.06. The smallest absolute Gasteiger partial charge is 0.217 e. The molecule has 1 unspecified atom stereocenters. The predicted octanol–water partition coefficient (Wildman–Crippen LogP) is 4.01. The first kappa shape index (κ1) is 18.7. The van der Waals surface area contributed by atoms with E-state index in [1.807, 2.05) is 43.3 Å². The Bertz CT molecular complexity index is 400. The van der Waals surface area contributed by atoms with Crippen molar-refractivity contribution in [1.29, 1.82) is 0 Å². The van der Waals surface area contributed by atoms with Crippen LogP contribution in [-0.4, -0.2) is 37.9 Å². The van der Waals surface area contributed by atoms with E-state index in [0.717, 1.165) is 24.3 Å². The van der Waals surface area contributed by atoms with Gasteiger partial charge in [0.1, 0.15) is 5.75 Å². The van der Waals surface area contributed by atoms with E-state index in [1.165, 1.54) is 32.1 Å². The van der Waals surface area contributed by atoms with Gasteiger partial charge in [-0.2, -0.15) is 0 Å². The van der Waals surface area contributed by atoms with Gasteiger partial charge in [0.2, 0.25) is 6.29 Å². The summed E-state index contributed by atoms with van der Waals surface area (Å²) < 4.78 is 5.76. The van der Waals surface area contributed by atoms with E-state index in [-0.39, 0.29) is 6.04 Å². The Labute approximate surface area is 135 Å². The lowest BCUT2D eigenvalue weighted by atomic mass is 10.1. The van der Waals surface area contributed by atoms with Crippen LogP contribution in [-0.2, 0) is 11.2 Å². The highest BCUT2D eigenvalue weighted by molar-refractivity contribution is 5.59. The Morgan fingerprint density at radius 2 is 1.68 bits per heavy atom. The zero-order valence-corrected chi connectivity index (χ0v) is 14.3. The van der Waals surface area contributed by atoms with Crippen molar-refractivity contribution in [3.8, 4) is 5.75 Å². The van der Waals surface area contributed by atoms with E-state index in [4.69, 9.17) is 4.74 Å². The Balaban J connectivity index is 2.25. The second-order valence-corrected chi connectivity index (χ2v) is 6.06. The van der Waals surface area contributed by atoms with Crippen LogP contribution in [0.4, 0.5) is 0 Å². The van der Waals surface area contributed by atoms with Crippen molar-refractivity contribution in [2.45, 2.75) is 57.9 Å². The zero-order chi connectivity index (χ0) is 16.2. The second kappa shape index (κ2) is 11.2. The summed E-state index contributed by atoms with van der Waals surface area (Å²) >= 11 is 0. The monoisotopic (exact) mass is 304 g/mol. The molecule has 1 radical (unpaired) electrons. The molecule has 123 valence electrons. The summed E-state index contributed by atoms with van der Waals surface area (Å²) in [6, 6.07) is 7.86. The third-order valence-corrected chi connectivity index (χ3v) is 3.88. The molecule has 0 saturated heterocycles. The highest BCUT2D eigenvalue weighted by Crippen LogP contribution is 2.15. The highest BCUT2D eigenvalue weighted by Gasteiger charge is 2.11. The third kappa shape index (κ3) is 7.60. The molecule has 1 aromatic rings. The Hall–Kier alpha value is -1.35. The number of unbranched alkanes of at least 4 members (excludes halogenated alkanes) is 5. The number of nitrogens with zero attached hydrogens (tertiary/aromatic N) is 1. The van der Waals surface area contributed by atoms with Gasteiger partial charge in [-0.15, -0.1) is 0 Å². The molecule has 1 atom stereocenters. The SMILES string of the molecule is CCCCCCCCOc1ccc(CC([C]=O)N(C)C)cc1. The summed E-state index contributed by atoms with van der Waals surface area (Å²) in [5.74, 6) is 0.911. The van der Waals surface area contributed by atoms with Gasteiger partial charge in [0.25, 0.3) is 0 Å². The molecule has 3 nitrogen and oxygen atoms in total. The zero-order valence-electron chi connectivity index (χ0n) is 14.3. The van der Waals surface area contributed by atoms with Crippen LogP contribution in [0.5, 0.6) is 5.75 Å². The molecule has 0 aliphatic carbocycles. The predicted molar refractivity (Wildman–Crippen MR) is 92.2 cm³/mol. The number of hydrogen-bond acceptors (Lipinski definition) is 3. The molecule has 0 amide bonds. The van der Waals surface area contributed by atoms with Crippen molar-refractivity contribution in [2.24, 2.45) is 0 Å². The lowest BCUT2D eigenvalue weighted by Crippen LogP contribution is -2.31. The van der Waals surface area contributed by atoms with Crippen LogP contribution in [0.15, 0.2) is 24.3 Å². The van der Waals surface area contributed by atoms with Crippen LogP contribution in [0.2, 0.25) is 0 Å². The van der Waals surface area contributed by atoms with E-state index in [1.54, 1.807) is 0 Å². The maximum absolute atomic E-state index is 10.9. The number of likely N-dealkylation sites (N-methyl/N-ethyl adjacent to an activating group) is 1. The molecule has 1 aromatic carbocycles. The van der Waals surface area contributed by atoms with Gasteiger partial charge in [-0.05, 0) is 44.6 Å². The summed E-state index contributed by atoms with van der Waals surface area (Å²) in [6.45, 7) is 3.02. The van der Waals surface area contributed by atoms with Crippen molar-refractivity contribution in [2.75, 3.05) is 20.7 Å². The Kier molecular flexibility index (Phi) is 9.56. The quantitative estimate of drug-likeness (QED) is 0.546. The minimum Gasteiger partial charge on any atom is -0.494 e. The minimum absolute atomic E-state index is 0.185. The fourth-order valence-electron chi connectivity index (χ4n) is 2.35. The van der Waals surface area contributed by atoms with Gasteiger partial charge in [-0.1, -0.05) is 51.2 Å². The van der Waals surface area contributed by atoms with Gasteiger partial charge < -0.3 is 4.74 Å². The Morgan fingerprint density at radius 1 is 1.05 bits per heavy atom. The summed E-state index contributed by atoms with van der Waals surface area (Å²) in [5, 5.41) is 0. The number of ether oxygens (including phenoxy) is 1. The maximum Gasteiger partial charge on any atom is 0.217 e. The van der Waals surface area contributed by atoms with Crippen molar-refractivity contribution < 1.29 is 9.53 Å². The molecule has 1 rings (SSSR count). The van der Waals surface area contributed by atoms with Gasteiger partial charge in [-0.25, -0.2) is 0 Å². The van der Waals surface area contributed by atoms with Crippen LogP contribution in [0.25, 0.3) is 0 Å². The van der Waals surface area contributed by atoms with Crippen LogP contribution >= 0.6 is 0 Å². The van der Waals surface area contributed by atoms with E-state index < -0.39 is 0 Å². The molecule has 0 aliphatic heterocycles.